The van der Waals surface area contributed by atoms with Gasteiger partial charge in [0.15, 0.2) is 5.96 Å². The number of guanidine groups is 1. The van der Waals surface area contributed by atoms with Crippen LogP contribution in [0.2, 0.25) is 0 Å². The van der Waals surface area contributed by atoms with Gasteiger partial charge in [-0.3, -0.25) is 4.99 Å². The van der Waals surface area contributed by atoms with Crippen molar-refractivity contribution < 1.29 is 17.9 Å². The zero-order chi connectivity index (χ0) is 20.0. The molecule has 1 aromatic heterocycles. The Kier molecular flexibility index (Phi) is 6.17. The Hall–Kier alpha value is -3.04. The van der Waals surface area contributed by atoms with Crippen molar-refractivity contribution in [2.45, 2.75) is 12.9 Å². The Morgan fingerprint density at radius 3 is 2.43 bits per heavy atom. The second-order valence-corrected chi connectivity index (χ2v) is 6.08. The molecule has 2 heterocycles. The molecule has 28 heavy (non-hydrogen) atoms. The Labute approximate surface area is 160 Å². The van der Waals surface area contributed by atoms with Crippen molar-refractivity contribution in [2.24, 2.45) is 4.99 Å². The fourth-order valence-corrected chi connectivity index (χ4v) is 2.95. The minimum atomic E-state index is -4.73. The number of para-hydroxylation sites is 1. The average molecular weight is 394 g/mol. The Morgan fingerprint density at radius 1 is 1.11 bits per heavy atom. The van der Waals surface area contributed by atoms with Crippen LogP contribution >= 0.6 is 0 Å². The minimum Gasteiger partial charge on any atom is -0.405 e. The summed E-state index contributed by atoms with van der Waals surface area (Å²) in [7, 11) is 1.65. The van der Waals surface area contributed by atoms with Crippen LogP contribution in [0.25, 0.3) is 0 Å². The summed E-state index contributed by atoms with van der Waals surface area (Å²) in [5.74, 6) is 1.09. The lowest BCUT2D eigenvalue weighted by molar-refractivity contribution is -0.274. The first kappa shape index (κ1) is 19.7. The summed E-state index contributed by atoms with van der Waals surface area (Å²) in [5.41, 5.74) is 0.400. The van der Waals surface area contributed by atoms with Gasteiger partial charge in [-0.25, -0.2) is 9.97 Å². The van der Waals surface area contributed by atoms with Crippen molar-refractivity contribution in [2.75, 3.05) is 38.1 Å². The van der Waals surface area contributed by atoms with Gasteiger partial charge in [0.1, 0.15) is 5.75 Å². The van der Waals surface area contributed by atoms with Gasteiger partial charge in [0.05, 0.1) is 0 Å². The van der Waals surface area contributed by atoms with E-state index in [1.807, 2.05) is 4.90 Å². The number of halogens is 3. The van der Waals surface area contributed by atoms with E-state index in [0.717, 1.165) is 13.1 Å². The highest BCUT2D eigenvalue weighted by atomic mass is 19.4. The zero-order valence-corrected chi connectivity index (χ0v) is 15.4. The number of nitrogens with one attached hydrogen (secondary N) is 1. The molecule has 1 saturated heterocycles. The molecule has 1 aliphatic heterocycles. The number of aromatic nitrogens is 2. The van der Waals surface area contributed by atoms with Crippen molar-refractivity contribution >= 4 is 11.9 Å². The molecule has 1 N–H and O–H groups in total. The van der Waals surface area contributed by atoms with Crippen LogP contribution in [-0.4, -0.2) is 60.4 Å². The topological polar surface area (TPSA) is 65.9 Å². The summed E-state index contributed by atoms with van der Waals surface area (Å²) in [5, 5.41) is 3.12. The van der Waals surface area contributed by atoms with Gasteiger partial charge >= 0.3 is 6.36 Å². The van der Waals surface area contributed by atoms with Gasteiger partial charge in [0, 0.05) is 57.7 Å². The molecule has 150 valence electrons. The monoisotopic (exact) mass is 394 g/mol. The molecule has 3 rings (SSSR count). The van der Waals surface area contributed by atoms with Crippen LogP contribution in [0.5, 0.6) is 5.75 Å². The Balaban J connectivity index is 1.58. The van der Waals surface area contributed by atoms with Gasteiger partial charge in [0.25, 0.3) is 0 Å². The molecule has 0 saturated carbocycles. The van der Waals surface area contributed by atoms with Gasteiger partial charge in [-0.15, -0.1) is 13.2 Å². The number of aliphatic imine (C=N–C) groups is 1. The number of anilines is 1. The van der Waals surface area contributed by atoms with Crippen molar-refractivity contribution in [1.82, 2.24) is 20.2 Å². The van der Waals surface area contributed by atoms with E-state index in [9.17, 15) is 13.2 Å². The second kappa shape index (κ2) is 8.77. The molecule has 10 heteroatoms. The number of benzene rings is 1. The molecule has 2 aromatic rings. The van der Waals surface area contributed by atoms with Crippen LogP contribution in [0.1, 0.15) is 5.56 Å². The Bertz CT molecular complexity index is 791. The zero-order valence-electron chi connectivity index (χ0n) is 15.4. The van der Waals surface area contributed by atoms with E-state index < -0.39 is 6.36 Å². The van der Waals surface area contributed by atoms with Gasteiger partial charge in [0.2, 0.25) is 5.95 Å². The Morgan fingerprint density at radius 2 is 1.79 bits per heavy atom. The van der Waals surface area contributed by atoms with Gasteiger partial charge in [-0.2, -0.15) is 0 Å². The second-order valence-electron chi connectivity index (χ2n) is 6.08. The molecule has 0 atom stereocenters. The maximum Gasteiger partial charge on any atom is 0.573 e. The number of hydrogen-bond acceptors (Lipinski definition) is 5. The third-order valence-electron chi connectivity index (χ3n) is 4.26. The molecule has 7 nitrogen and oxygen atoms in total. The number of hydrogen-bond donors (Lipinski definition) is 1. The number of alkyl halides is 3. The van der Waals surface area contributed by atoms with Gasteiger partial charge < -0.3 is 19.9 Å². The normalized spacial score (nSPS) is 15.5. The first-order valence-corrected chi connectivity index (χ1v) is 8.77. The molecule has 1 fully saturated rings. The van der Waals surface area contributed by atoms with E-state index in [2.05, 4.69) is 29.9 Å². The quantitative estimate of drug-likeness (QED) is 0.634. The number of rotatable bonds is 4. The van der Waals surface area contributed by atoms with E-state index in [1.165, 1.54) is 12.1 Å². The molecule has 0 spiro atoms. The number of piperazine rings is 1. The van der Waals surface area contributed by atoms with Crippen molar-refractivity contribution in [3.05, 3.63) is 48.3 Å². The first-order valence-electron chi connectivity index (χ1n) is 8.77. The van der Waals surface area contributed by atoms with Crippen molar-refractivity contribution in [1.29, 1.82) is 0 Å². The predicted octanol–water partition coefficient (Wildman–Crippen LogP) is 2.27. The molecular weight excluding hydrogens is 373 g/mol. The third kappa shape index (κ3) is 5.24. The summed E-state index contributed by atoms with van der Waals surface area (Å²) in [4.78, 5) is 16.9. The summed E-state index contributed by atoms with van der Waals surface area (Å²) in [6.07, 6.45) is -1.32. The highest BCUT2D eigenvalue weighted by Gasteiger charge is 2.32. The van der Waals surface area contributed by atoms with Crippen molar-refractivity contribution in [3.63, 3.8) is 0 Å². The molecule has 0 aliphatic carbocycles. The lowest BCUT2D eigenvalue weighted by Gasteiger charge is -2.36. The van der Waals surface area contributed by atoms with Crippen LogP contribution in [0.4, 0.5) is 19.1 Å². The van der Waals surface area contributed by atoms with E-state index in [-0.39, 0.29) is 12.3 Å². The molecule has 0 radical (unpaired) electrons. The van der Waals surface area contributed by atoms with Crippen molar-refractivity contribution in [3.8, 4) is 5.75 Å². The summed E-state index contributed by atoms with van der Waals surface area (Å²) in [6.45, 7) is 3.00. The lowest BCUT2D eigenvalue weighted by atomic mass is 10.2. The molecule has 1 aromatic carbocycles. The molecule has 0 amide bonds. The summed E-state index contributed by atoms with van der Waals surface area (Å²) < 4.78 is 41.8. The van der Waals surface area contributed by atoms with Crippen LogP contribution in [0, 0.1) is 0 Å². The van der Waals surface area contributed by atoms with Crippen LogP contribution in [-0.2, 0) is 6.54 Å². The standard InChI is InChI=1S/C18H21F3N6O/c1-22-16(25-13-14-5-2-3-6-15(14)28-18(19,20)21)26-9-11-27(12-10-26)17-23-7-4-8-24-17/h2-8H,9-13H2,1H3,(H,22,25). The van der Waals surface area contributed by atoms with E-state index in [1.54, 1.807) is 37.6 Å². The smallest absolute Gasteiger partial charge is 0.405 e. The average Bonchev–Trinajstić information content (AvgIpc) is 2.70. The van der Waals surface area contributed by atoms with Crippen LogP contribution < -0.4 is 15.0 Å². The van der Waals surface area contributed by atoms with Gasteiger partial charge in [-0.1, -0.05) is 18.2 Å². The van der Waals surface area contributed by atoms with E-state index in [0.29, 0.717) is 30.6 Å². The fourth-order valence-electron chi connectivity index (χ4n) is 2.95. The van der Waals surface area contributed by atoms with E-state index >= 15 is 0 Å². The highest BCUT2D eigenvalue weighted by molar-refractivity contribution is 5.80. The summed E-state index contributed by atoms with van der Waals surface area (Å²) >= 11 is 0. The fraction of sp³-hybridized carbons (Fsp3) is 0.389. The third-order valence-corrected chi connectivity index (χ3v) is 4.26. The molecule has 0 bridgehead atoms. The largest absolute Gasteiger partial charge is 0.573 e. The number of ether oxygens (including phenoxy) is 1. The van der Waals surface area contributed by atoms with Crippen LogP contribution in [0.3, 0.4) is 0 Å². The first-order chi connectivity index (χ1) is 13.5. The minimum absolute atomic E-state index is 0.168. The maximum atomic E-state index is 12.6. The van der Waals surface area contributed by atoms with Gasteiger partial charge in [-0.05, 0) is 12.1 Å². The SMILES string of the molecule is CN=C(NCc1ccccc1OC(F)(F)F)N1CCN(c2ncccn2)CC1. The number of nitrogens with zero attached hydrogens (tertiary/aromatic N) is 5. The molecular formula is C18H21F3N6O. The lowest BCUT2D eigenvalue weighted by Crippen LogP contribution is -2.52. The highest BCUT2D eigenvalue weighted by Crippen LogP contribution is 2.26. The summed E-state index contributed by atoms with van der Waals surface area (Å²) in [6, 6.07) is 7.83. The van der Waals surface area contributed by atoms with E-state index in [4.69, 9.17) is 0 Å². The van der Waals surface area contributed by atoms with Crippen LogP contribution in [0.15, 0.2) is 47.7 Å². The predicted molar refractivity (Wildman–Crippen MR) is 99.1 cm³/mol. The molecule has 1 aliphatic rings. The maximum absolute atomic E-state index is 12.6. The molecule has 0 unspecified atom stereocenters.